The van der Waals surface area contributed by atoms with Crippen LogP contribution in [0.4, 0.5) is 0 Å². The molecular formula is C9H16N2O5S. The van der Waals surface area contributed by atoms with Crippen molar-refractivity contribution in [1.82, 2.24) is 4.31 Å². The Morgan fingerprint density at radius 2 is 2.00 bits per heavy atom. The molecule has 1 aliphatic rings. The first kappa shape index (κ1) is 13.9. The van der Waals surface area contributed by atoms with E-state index in [9.17, 15) is 18.0 Å². The SMILES string of the molecule is NC(=O)CCC(C(=O)O)N1CCCCS1(=O)=O. The van der Waals surface area contributed by atoms with Crippen LogP contribution in [0.15, 0.2) is 0 Å². The topological polar surface area (TPSA) is 118 Å². The molecule has 0 radical (unpaired) electrons. The van der Waals surface area contributed by atoms with Crippen molar-refractivity contribution in [2.75, 3.05) is 12.3 Å². The van der Waals surface area contributed by atoms with Gasteiger partial charge in [0.25, 0.3) is 0 Å². The first-order valence-electron chi connectivity index (χ1n) is 5.35. The summed E-state index contributed by atoms with van der Waals surface area (Å²) < 4.78 is 24.4. The molecule has 1 amide bonds. The Labute approximate surface area is 99.6 Å². The molecule has 0 aliphatic carbocycles. The van der Waals surface area contributed by atoms with Gasteiger partial charge in [-0.15, -0.1) is 0 Å². The summed E-state index contributed by atoms with van der Waals surface area (Å²) in [6.45, 7) is 0.193. The normalized spacial score (nSPS) is 21.9. The molecule has 0 aromatic heterocycles. The average molecular weight is 264 g/mol. The van der Waals surface area contributed by atoms with Gasteiger partial charge in [0.2, 0.25) is 15.9 Å². The Morgan fingerprint density at radius 3 is 2.47 bits per heavy atom. The summed E-state index contributed by atoms with van der Waals surface area (Å²) >= 11 is 0. The molecular weight excluding hydrogens is 248 g/mol. The highest BCUT2D eigenvalue weighted by atomic mass is 32.2. The monoisotopic (exact) mass is 264 g/mol. The van der Waals surface area contributed by atoms with E-state index < -0.39 is 27.9 Å². The number of carbonyl (C=O) groups is 2. The van der Waals surface area contributed by atoms with Crippen molar-refractivity contribution in [3.05, 3.63) is 0 Å². The molecule has 0 aromatic carbocycles. The fourth-order valence-corrected chi connectivity index (χ4v) is 3.62. The van der Waals surface area contributed by atoms with Crippen LogP contribution in [0.5, 0.6) is 0 Å². The van der Waals surface area contributed by atoms with Crippen molar-refractivity contribution in [2.45, 2.75) is 31.7 Å². The van der Waals surface area contributed by atoms with Crippen LogP contribution in [0.25, 0.3) is 0 Å². The maximum atomic E-state index is 11.7. The average Bonchev–Trinajstić information content (AvgIpc) is 2.19. The molecule has 3 N–H and O–H groups in total. The Kier molecular flexibility index (Phi) is 4.47. The van der Waals surface area contributed by atoms with E-state index in [4.69, 9.17) is 10.8 Å². The molecule has 0 saturated carbocycles. The number of carboxylic acids is 1. The van der Waals surface area contributed by atoms with Gasteiger partial charge in [0.15, 0.2) is 0 Å². The predicted molar refractivity (Wildman–Crippen MR) is 59.6 cm³/mol. The lowest BCUT2D eigenvalue weighted by molar-refractivity contribution is -0.141. The fourth-order valence-electron chi connectivity index (χ4n) is 1.83. The fraction of sp³-hybridized carbons (Fsp3) is 0.778. The highest BCUT2D eigenvalue weighted by molar-refractivity contribution is 7.89. The Bertz CT molecular complexity index is 406. The molecule has 0 bridgehead atoms. The van der Waals surface area contributed by atoms with Crippen LogP contribution in [0.1, 0.15) is 25.7 Å². The largest absolute Gasteiger partial charge is 0.480 e. The lowest BCUT2D eigenvalue weighted by atomic mass is 10.1. The van der Waals surface area contributed by atoms with Gasteiger partial charge in [-0.2, -0.15) is 4.31 Å². The van der Waals surface area contributed by atoms with Crippen LogP contribution in [0.3, 0.4) is 0 Å². The minimum absolute atomic E-state index is 0.0344. The van der Waals surface area contributed by atoms with Crippen molar-refractivity contribution < 1.29 is 23.1 Å². The molecule has 1 atom stereocenters. The molecule has 0 aromatic rings. The first-order chi connectivity index (χ1) is 7.84. The summed E-state index contributed by atoms with van der Waals surface area (Å²) in [5, 5.41) is 9.01. The molecule has 1 aliphatic heterocycles. The van der Waals surface area contributed by atoms with Crippen LogP contribution in [0.2, 0.25) is 0 Å². The van der Waals surface area contributed by atoms with E-state index in [-0.39, 0.29) is 25.1 Å². The van der Waals surface area contributed by atoms with E-state index >= 15 is 0 Å². The molecule has 1 heterocycles. The molecule has 1 rings (SSSR count). The zero-order valence-electron chi connectivity index (χ0n) is 9.33. The number of sulfonamides is 1. The van der Waals surface area contributed by atoms with Gasteiger partial charge in [0.1, 0.15) is 6.04 Å². The summed E-state index contributed by atoms with van der Waals surface area (Å²) in [6, 6.07) is -1.19. The van der Waals surface area contributed by atoms with Gasteiger partial charge in [-0.3, -0.25) is 9.59 Å². The highest BCUT2D eigenvalue weighted by Gasteiger charge is 2.36. The van der Waals surface area contributed by atoms with Gasteiger partial charge in [-0.05, 0) is 19.3 Å². The number of nitrogens with two attached hydrogens (primary N) is 1. The smallest absolute Gasteiger partial charge is 0.322 e. The standard InChI is InChI=1S/C9H16N2O5S/c10-8(12)4-3-7(9(13)14)11-5-1-2-6-17(11,15)16/h7H,1-6H2,(H2,10,12)(H,13,14). The van der Waals surface area contributed by atoms with Crippen LogP contribution in [-0.2, 0) is 19.6 Å². The van der Waals surface area contributed by atoms with Gasteiger partial charge in [0.05, 0.1) is 5.75 Å². The Hall–Kier alpha value is -1.15. The van der Waals surface area contributed by atoms with Crippen LogP contribution in [-0.4, -0.2) is 48.0 Å². The highest BCUT2D eigenvalue weighted by Crippen LogP contribution is 2.19. The third-order valence-electron chi connectivity index (χ3n) is 2.68. The summed E-state index contributed by atoms with van der Waals surface area (Å²) in [7, 11) is -3.52. The second-order valence-corrected chi connectivity index (χ2v) is 6.03. The number of nitrogens with zero attached hydrogens (tertiary/aromatic N) is 1. The lowest BCUT2D eigenvalue weighted by Gasteiger charge is -2.31. The molecule has 8 heteroatoms. The lowest BCUT2D eigenvalue weighted by Crippen LogP contribution is -2.48. The quantitative estimate of drug-likeness (QED) is 0.669. The summed E-state index contributed by atoms with van der Waals surface area (Å²) in [6.07, 6.45) is 0.966. The van der Waals surface area contributed by atoms with Crippen molar-refractivity contribution >= 4 is 21.9 Å². The van der Waals surface area contributed by atoms with Gasteiger partial charge in [0, 0.05) is 13.0 Å². The number of amides is 1. The predicted octanol–water partition coefficient (Wildman–Crippen LogP) is -0.869. The van der Waals surface area contributed by atoms with Crippen molar-refractivity contribution in [1.29, 1.82) is 0 Å². The molecule has 1 fully saturated rings. The van der Waals surface area contributed by atoms with Gasteiger partial charge in [-0.1, -0.05) is 0 Å². The van der Waals surface area contributed by atoms with E-state index in [2.05, 4.69) is 0 Å². The summed E-state index contributed by atoms with van der Waals surface area (Å²) in [5.41, 5.74) is 4.94. The maximum Gasteiger partial charge on any atom is 0.322 e. The van der Waals surface area contributed by atoms with E-state index in [1.807, 2.05) is 0 Å². The second-order valence-electron chi connectivity index (χ2n) is 3.99. The molecule has 98 valence electrons. The number of carbonyl (C=O) groups excluding carboxylic acids is 1. The number of primary amides is 1. The van der Waals surface area contributed by atoms with E-state index in [1.54, 1.807) is 0 Å². The zero-order valence-corrected chi connectivity index (χ0v) is 10.1. The number of hydrogen-bond acceptors (Lipinski definition) is 4. The summed E-state index contributed by atoms with van der Waals surface area (Å²) in [5.74, 6) is -1.91. The Morgan fingerprint density at radius 1 is 1.35 bits per heavy atom. The third-order valence-corrected chi connectivity index (χ3v) is 4.64. The number of rotatable bonds is 5. The zero-order chi connectivity index (χ0) is 13.1. The van der Waals surface area contributed by atoms with E-state index in [1.165, 1.54) is 0 Å². The van der Waals surface area contributed by atoms with Crippen LogP contribution in [0, 0.1) is 0 Å². The second kappa shape index (κ2) is 5.46. The first-order valence-corrected chi connectivity index (χ1v) is 6.96. The van der Waals surface area contributed by atoms with Crippen molar-refractivity contribution in [2.24, 2.45) is 5.73 Å². The van der Waals surface area contributed by atoms with Gasteiger partial charge >= 0.3 is 5.97 Å². The van der Waals surface area contributed by atoms with E-state index in [0.717, 1.165) is 4.31 Å². The van der Waals surface area contributed by atoms with Gasteiger partial charge in [-0.25, -0.2) is 8.42 Å². The minimum atomic E-state index is -3.52. The number of carboxylic acid groups (broad SMARTS) is 1. The molecule has 17 heavy (non-hydrogen) atoms. The molecule has 7 nitrogen and oxygen atoms in total. The van der Waals surface area contributed by atoms with E-state index in [0.29, 0.717) is 12.8 Å². The van der Waals surface area contributed by atoms with Crippen molar-refractivity contribution in [3.63, 3.8) is 0 Å². The third kappa shape index (κ3) is 3.67. The van der Waals surface area contributed by atoms with Crippen LogP contribution >= 0.6 is 0 Å². The number of aliphatic carboxylic acids is 1. The van der Waals surface area contributed by atoms with Crippen LogP contribution < -0.4 is 5.73 Å². The maximum absolute atomic E-state index is 11.7. The Balaban J connectivity index is 2.82. The summed E-state index contributed by atoms with van der Waals surface area (Å²) in [4.78, 5) is 21.7. The minimum Gasteiger partial charge on any atom is -0.480 e. The van der Waals surface area contributed by atoms with Crippen molar-refractivity contribution in [3.8, 4) is 0 Å². The number of hydrogen-bond donors (Lipinski definition) is 2. The molecule has 0 spiro atoms. The molecule has 1 saturated heterocycles. The molecule has 1 unspecified atom stereocenters. The van der Waals surface area contributed by atoms with Gasteiger partial charge < -0.3 is 10.8 Å².